The SMILES string of the molecule is COc1ccc(C(NC(=O)c2ccc(OCc3ccc(Cl)cc3)c(OC)c2)c2nccn2C)cc1. The number of rotatable bonds is 9. The van der Waals surface area contributed by atoms with E-state index < -0.39 is 6.04 Å². The van der Waals surface area contributed by atoms with Crippen LogP contribution in [0.1, 0.15) is 33.4 Å². The van der Waals surface area contributed by atoms with Crippen molar-refractivity contribution in [2.75, 3.05) is 14.2 Å². The van der Waals surface area contributed by atoms with Gasteiger partial charge < -0.3 is 24.1 Å². The summed E-state index contributed by atoms with van der Waals surface area (Å²) in [5.41, 5.74) is 2.28. The molecule has 1 amide bonds. The molecule has 0 spiro atoms. The Hall–Kier alpha value is -3.97. The van der Waals surface area contributed by atoms with Crippen molar-refractivity contribution in [1.82, 2.24) is 14.9 Å². The molecule has 0 bridgehead atoms. The zero-order valence-corrected chi connectivity index (χ0v) is 20.5. The largest absolute Gasteiger partial charge is 0.497 e. The molecule has 1 atom stereocenters. The van der Waals surface area contributed by atoms with Crippen LogP contribution in [0.4, 0.5) is 0 Å². The van der Waals surface area contributed by atoms with Gasteiger partial charge in [-0.15, -0.1) is 0 Å². The molecule has 1 N–H and O–H groups in total. The van der Waals surface area contributed by atoms with E-state index in [1.807, 2.05) is 66.3 Å². The lowest BCUT2D eigenvalue weighted by Crippen LogP contribution is -2.31. The van der Waals surface area contributed by atoms with Gasteiger partial charge in [0.05, 0.1) is 14.2 Å². The summed E-state index contributed by atoms with van der Waals surface area (Å²) < 4.78 is 18.5. The van der Waals surface area contributed by atoms with E-state index in [2.05, 4.69) is 10.3 Å². The molecule has 4 aromatic rings. The average molecular weight is 492 g/mol. The number of methoxy groups -OCH3 is 2. The third-order valence-corrected chi connectivity index (χ3v) is 5.83. The third-order valence-electron chi connectivity index (χ3n) is 5.57. The zero-order valence-electron chi connectivity index (χ0n) is 19.7. The van der Waals surface area contributed by atoms with Gasteiger partial charge in [-0.3, -0.25) is 4.79 Å². The fourth-order valence-electron chi connectivity index (χ4n) is 3.63. The molecule has 8 heteroatoms. The number of halogens is 1. The summed E-state index contributed by atoms with van der Waals surface area (Å²) in [4.78, 5) is 17.7. The van der Waals surface area contributed by atoms with Crippen LogP contribution in [0.25, 0.3) is 0 Å². The molecule has 3 aromatic carbocycles. The van der Waals surface area contributed by atoms with Gasteiger partial charge in [-0.1, -0.05) is 35.9 Å². The number of nitrogens with one attached hydrogen (secondary N) is 1. The summed E-state index contributed by atoms with van der Waals surface area (Å²) in [6.45, 7) is 0.345. The van der Waals surface area contributed by atoms with Crippen LogP contribution in [0, 0.1) is 0 Å². The van der Waals surface area contributed by atoms with Gasteiger partial charge in [0.1, 0.15) is 24.2 Å². The first-order valence-corrected chi connectivity index (χ1v) is 11.3. The summed E-state index contributed by atoms with van der Waals surface area (Å²) in [5.74, 6) is 2.17. The molecular weight excluding hydrogens is 466 g/mol. The zero-order chi connectivity index (χ0) is 24.8. The Labute approximate surface area is 209 Å². The van der Waals surface area contributed by atoms with E-state index in [9.17, 15) is 4.79 Å². The lowest BCUT2D eigenvalue weighted by atomic mass is 10.0. The van der Waals surface area contributed by atoms with Crippen molar-refractivity contribution in [3.05, 3.63) is 107 Å². The van der Waals surface area contributed by atoms with E-state index in [-0.39, 0.29) is 5.91 Å². The maximum Gasteiger partial charge on any atom is 0.252 e. The number of aromatic nitrogens is 2. The molecule has 1 unspecified atom stereocenters. The Morgan fingerprint density at radius 1 is 1.00 bits per heavy atom. The van der Waals surface area contributed by atoms with Crippen LogP contribution in [0.5, 0.6) is 17.2 Å². The molecule has 0 saturated heterocycles. The van der Waals surface area contributed by atoms with Gasteiger partial charge in [-0.2, -0.15) is 0 Å². The van der Waals surface area contributed by atoms with Crippen LogP contribution >= 0.6 is 11.6 Å². The van der Waals surface area contributed by atoms with Crippen molar-refractivity contribution in [3.8, 4) is 17.2 Å². The van der Waals surface area contributed by atoms with Crippen molar-refractivity contribution in [2.45, 2.75) is 12.6 Å². The first-order valence-electron chi connectivity index (χ1n) is 11.0. The van der Waals surface area contributed by atoms with E-state index in [1.165, 1.54) is 0 Å². The Kier molecular flexibility index (Phi) is 7.57. The van der Waals surface area contributed by atoms with Gasteiger partial charge in [0.15, 0.2) is 11.5 Å². The predicted octanol–water partition coefficient (Wildman–Crippen LogP) is 5.19. The minimum Gasteiger partial charge on any atom is -0.497 e. The highest BCUT2D eigenvalue weighted by molar-refractivity contribution is 6.30. The molecule has 4 rings (SSSR count). The second-order valence-corrected chi connectivity index (χ2v) is 8.29. The number of aryl methyl sites for hydroxylation is 1. The topological polar surface area (TPSA) is 74.6 Å². The fraction of sp³-hybridized carbons (Fsp3) is 0.185. The Morgan fingerprint density at radius 2 is 1.74 bits per heavy atom. The second-order valence-electron chi connectivity index (χ2n) is 7.86. The lowest BCUT2D eigenvalue weighted by molar-refractivity contribution is 0.0940. The maximum absolute atomic E-state index is 13.3. The normalized spacial score (nSPS) is 11.5. The van der Waals surface area contributed by atoms with E-state index in [0.717, 1.165) is 16.9 Å². The van der Waals surface area contributed by atoms with Gasteiger partial charge in [0.2, 0.25) is 0 Å². The molecule has 1 aromatic heterocycles. The molecule has 1 heterocycles. The van der Waals surface area contributed by atoms with Gasteiger partial charge in [-0.25, -0.2) is 4.98 Å². The van der Waals surface area contributed by atoms with E-state index in [4.69, 9.17) is 25.8 Å². The minimum atomic E-state index is -0.458. The molecule has 180 valence electrons. The van der Waals surface area contributed by atoms with Crippen molar-refractivity contribution in [2.24, 2.45) is 7.05 Å². The van der Waals surface area contributed by atoms with Gasteiger partial charge in [0.25, 0.3) is 5.91 Å². The Balaban J connectivity index is 1.54. The lowest BCUT2D eigenvalue weighted by Gasteiger charge is -2.20. The summed E-state index contributed by atoms with van der Waals surface area (Å²) >= 11 is 5.94. The van der Waals surface area contributed by atoms with Crippen molar-refractivity contribution in [3.63, 3.8) is 0 Å². The summed E-state index contributed by atoms with van der Waals surface area (Å²) in [6, 6.07) is 19.6. The van der Waals surface area contributed by atoms with E-state index >= 15 is 0 Å². The highest BCUT2D eigenvalue weighted by atomic mass is 35.5. The molecule has 35 heavy (non-hydrogen) atoms. The first kappa shape index (κ1) is 24.2. The monoisotopic (exact) mass is 491 g/mol. The van der Waals surface area contributed by atoms with Crippen LogP contribution in [0.2, 0.25) is 5.02 Å². The van der Waals surface area contributed by atoms with Crippen molar-refractivity contribution < 1.29 is 19.0 Å². The Bertz CT molecular complexity index is 1290. The third kappa shape index (κ3) is 5.75. The predicted molar refractivity (Wildman–Crippen MR) is 134 cm³/mol. The van der Waals surface area contributed by atoms with Crippen molar-refractivity contribution in [1.29, 1.82) is 0 Å². The van der Waals surface area contributed by atoms with E-state index in [1.54, 1.807) is 38.6 Å². The quantitative estimate of drug-likeness (QED) is 0.349. The molecule has 0 radical (unpaired) electrons. The second kappa shape index (κ2) is 11.0. The number of hydrogen-bond acceptors (Lipinski definition) is 5. The summed E-state index contributed by atoms with van der Waals surface area (Å²) in [6.07, 6.45) is 3.54. The maximum atomic E-state index is 13.3. The van der Waals surface area contributed by atoms with Crippen LogP contribution in [-0.2, 0) is 13.7 Å². The van der Waals surface area contributed by atoms with Crippen LogP contribution in [0.15, 0.2) is 79.1 Å². The molecule has 0 aliphatic carbocycles. The van der Waals surface area contributed by atoms with Crippen molar-refractivity contribution >= 4 is 17.5 Å². The van der Waals surface area contributed by atoms with Gasteiger partial charge in [0, 0.05) is 30.0 Å². The average Bonchev–Trinajstić information content (AvgIpc) is 3.32. The summed E-state index contributed by atoms with van der Waals surface area (Å²) in [5, 5.41) is 3.76. The van der Waals surface area contributed by atoms with Gasteiger partial charge >= 0.3 is 0 Å². The highest BCUT2D eigenvalue weighted by Crippen LogP contribution is 2.30. The molecule has 0 aliphatic rings. The number of benzene rings is 3. The summed E-state index contributed by atoms with van der Waals surface area (Å²) in [7, 11) is 5.05. The molecule has 0 saturated carbocycles. The number of hydrogen-bond donors (Lipinski definition) is 1. The number of nitrogens with zero attached hydrogens (tertiary/aromatic N) is 2. The fourth-order valence-corrected chi connectivity index (χ4v) is 3.76. The van der Waals surface area contributed by atoms with E-state index in [0.29, 0.717) is 34.5 Å². The number of ether oxygens (including phenoxy) is 3. The molecular formula is C27H26ClN3O4. The number of carbonyl (C=O) groups excluding carboxylic acids is 1. The van der Waals surface area contributed by atoms with Gasteiger partial charge in [-0.05, 0) is 53.6 Å². The van der Waals surface area contributed by atoms with Crippen LogP contribution in [-0.4, -0.2) is 29.7 Å². The minimum absolute atomic E-state index is 0.267. The standard InChI is InChI=1S/C27H26ClN3O4/c1-31-15-14-29-26(31)25(19-6-11-22(33-2)12-7-19)30-27(32)20-8-13-23(24(16-20)34-3)35-17-18-4-9-21(28)10-5-18/h4-16,25H,17H2,1-3H3,(H,30,32). The number of imidazole rings is 1. The number of amides is 1. The van der Waals surface area contributed by atoms with Crippen LogP contribution < -0.4 is 19.5 Å². The molecule has 0 fully saturated rings. The number of carbonyl (C=O) groups is 1. The molecule has 7 nitrogen and oxygen atoms in total. The molecule has 0 aliphatic heterocycles. The Morgan fingerprint density at radius 3 is 2.37 bits per heavy atom. The first-order chi connectivity index (χ1) is 17.0. The highest BCUT2D eigenvalue weighted by Gasteiger charge is 2.22. The van der Waals surface area contributed by atoms with Crippen LogP contribution in [0.3, 0.4) is 0 Å². The smallest absolute Gasteiger partial charge is 0.252 e.